The zero-order valence-electron chi connectivity index (χ0n) is 19.4. The van der Waals surface area contributed by atoms with Gasteiger partial charge in [0.1, 0.15) is 24.9 Å². The third kappa shape index (κ3) is 10.4. The van der Waals surface area contributed by atoms with Crippen molar-refractivity contribution in [3.05, 3.63) is 46.3 Å². The molecule has 1 aromatic carbocycles. The SMILES string of the molecule is CCCCO[C@@H](CN=[N+]=[N-])[C@@H](OC)OC(COC(=O)c1ccccc1)[C@H](C)OS(=O)(=O)C(F)(F)F. The lowest BCUT2D eigenvalue weighted by molar-refractivity contribution is -0.230. The van der Waals surface area contributed by atoms with Crippen molar-refractivity contribution in [2.24, 2.45) is 5.11 Å². The Morgan fingerprint density at radius 3 is 2.40 bits per heavy atom. The normalized spacial score (nSPS) is 15.5. The maximum atomic E-state index is 12.8. The minimum absolute atomic E-state index is 0.148. The Morgan fingerprint density at radius 1 is 1.20 bits per heavy atom. The van der Waals surface area contributed by atoms with Crippen LogP contribution in [0.4, 0.5) is 13.2 Å². The van der Waals surface area contributed by atoms with Gasteiger partial charge in [0.05, 0.1) is 12.1 Å². The van der Waals surface area contributed by atoms with Crippen molar-refractivity contribution in [3.8, 4) is 0 Å². The Kier molecular flexibility index (Phi) is 13.0. The zero-order valence-corrected chi connectivity index (χ0v) is 20.2. The minimum atomic E-state index is -5.99. The molecule has 35 heavy (non-hydrogen) atoms. The number of ether oxygens (including phenoxy) is 4. The van der Waals surface area contributed by atoms with Crippen molar-refractivity contribution in [2.75, 3.05) is 26.9 Å². The van der Waals surface area contributed by atoms with Gasteiger partial charge in [0, 0.05) is 18.6 Å². The van der Waals surface area contributed by atoms with Crippen LogP contribution in [0.1, 0.15) is 37.0 Å². The Balaban J connectivity index is 3.11. The third-order valence-electron chi connectivity index (χ3n) is 4.47. The smallest absolute Gasteiger partial charge is 0.459 e. The fourth-order valence-corrected chi connectivity index (χ4v) is 3.23. The highest BCUT2D eigenvalue weighted by atomic mass is 32.2. The van der Waals surface area contributed by atoms with E-state index in [1.165, 1.54) is 19.2 Å². The molecule has 1 rings (SSSR count). The lowest BCUT2D eigenvalue weighted by atomic mass is 10.2. The second-order valence-electron chi connectivity index (χ2n) is 7.12. The van der Waals surface area contributed by atoms with E-state index in [4.69, 9.17) is 24.5 Å². The summed E-state index contributed by atoms with van der Waals surface area (Å²) in [5.41, 5.74) is 3.11. The molecule has 0 spiro atoms. The molecule has 0 saturated heterocycles. The zero-order chi connectivity index (χ0) is 26.5. The third-order valence-corrected chi connectivity index (χ3v) is 5.60. The number of unbranched alkanes of at least 4 members (excludes halogenated alkanes) is 1. The molecular formula is C20H28F3N3O8S. The van der Waals surface area contributed by atoms with Gasteiger partial charge in [0.25, 0.3) is 0 Å². The number of methoxy groups -OCH3 is 1. The van der Waals surface area contributed by atoms with Crippen LogP contribution in [0.15, 0.2) is 35.4 Å². The molecule has 0 bridgehead atoms. The van der Waals surface area contributed by atoms with Gasteiger partial charge in [-0.15, -0.1) is 0 Å². The summed E-state index contributed by atoms with van der Waals surface area (Å²) in [6, 6.07) is 7.69. The van der Waals surface area contributed by atoms with Crippen LogP contribution in [0.2, 0.25) is 0 Å². The van der Waals surface area contributed by atoms with E-state index in [0.717, 1.165) is 13.3 Å². The van der Waals surface area contributed by atoms with Gasteiger partial charge in [0.15, 0.2) is 6.29 Å². The lowest BCUT2D eigenvalue weighted by Crippen LogP contribution is -2.45. The summed E-state index contributed by atoms with van der Waals surface area (Å²) in [5, 5.41) is 3.41. The molecule has 1 aromatic rings. The number of hydrogen-bond donors (Lipinski definition) is 0. The number of carbonyl (C=O) groups is 1. The standard InChI is InChI=1S/C20H28F3N3O8S/c1-4-5-11-31-16(12-25-26-24)19(30-3)33-17(14(2)34-35(28,29)20(21,22)23)13-32-18(27)15-9-7-6-8-10-15/h6-10,14,16-17,19H,4-5,11-13H2,1-3H3/t14-,16-,17?,19-/m0/s1. The fraction of sp³-hybridized carbons (Fsp3) is 0.650. The molecule has 1 unspecified atom stereocenters. The van der Waals surface area contributed by atoms with Gasteiger partial charge in [-0.2, -0.15) is 21.6 Å². The van der Waals surface area contributed by atoms with Crippen LogP contribution in [0.25, 0.3) is 10.4 Å². The van der Waals surface area contributed by atoms with Gasteiger partial charge < -0.3 is 18.9 Å². The van der Waals surface area contributed by atoms with Crippen LogP contribution >= 0.6 is 0 Å². The number of carbonyl (C=O) groups excluding carboxylic acids is 1. The fourth-order valence-electron chi connectivity index (χ4n) is 2.60. The van der Waals surface area contributed by atoms with Crippen molar-refractivity contribution in [1.29, 1.82) is 0 Å². The van der Waals surface area contributed by atoms with Gasteiger partial charge in [0.2, 0.25) is 0 Å². The molecule has 0 N–H and O–H groups in total. The maximum absolute atomic E-state index is 12.8. The van der Waals surface area contributed by atoms with E-state index in [2.05, 4.69) is 14.2 Å². The van der Waals surface area contributed by atoms with Gasteiger partial charge >= 0.3 is 21.6 Å². The summed E-state index contributed by atoms with van der Waals surface area (Å²) >= 11 is 0. The number of hydrogen-bond acceptors (Lipinski definition) is 9. The summed E-state index contributed by atoms with van der Waals surface area (Å²) in [7, 11) is -4.79. The molecule has 0 amide bonds. The molecular weight excluding hydrogens is 499 g/mol. The van der Waals surface area contributed by atoms with Crippen molar-refractivity contribution in [3.63, 3.8) is 0 Å². The molecule has 198 valence electrons. The van der Waals surface area contributed by atoms with Gasteiger partial charge in [-0.05, 0) is 31.0 Å². The lowest BCUT2D eigenvalue weighted by Gasteiger charge is -2.31. The topological polar surface area (TPSA) is 146 Å². The van der Waals surface area contributed by atoms with E-state index in [9.17, 15) is 26.4 Å². The van der Waals surface area contributed by atoms with Crippen LogP contribution in [-0.4, -0.2) is 71.4 Å². The number of rotatable bonds is 16. The summed E-state index contributed by atoms with van der Waals surface area (Å²) in [6.07, 6.45) is -4.22. The predicted octanol–water partition coefficient (Wildman–Crippen LogP) is 3.95. The van der Waals surface area contributed by atoms with Crippen LogP contribution < -0.4 is 0 Å². The number of benzene rings is 1. The van der Waals surface area contributed by atoms with E-state index >= 15 is 0 Å². The van der Waals surface area contributed by atoms with E-state index in [0.29, 0.717) is 6.42 Å². The van der Waals surface area contributed by atoms with Crippen LogP contribution in [-0.2, 0) is 33.2 Å². The molecule has 0 aliphatic rings. The molecule has 0 aliphatic heterocycles. The molecule has 15 heteroatoms. The monoisotopic (exact) mass is 527 g/mol. The number of alkyl halides is 3. The predicted molar refractivity (Wildman–Crippen MR) is 117 cm³/mol. The minimum Gasteiger partial charge on any atom is -0.459 e. The molecule has 0 aliphatic carbocycles. The molecule has 0 radical (unpaired) electrons. The Bertz CT molecular complexity index is 927. The van der Waals surface area contributed by atoms with Crippen LogP contribution in [0, 0.1) is 0 Å². The molecule has 0 aromatic heterocycles. The molecule has 0 fully saturated rings. The molecule has 4 atom stereocenters. The highest BCUT2D eigenvalue weighted by molar-refractivity contribution is 7.87. The van der Waals surface area contributed by atoms with Gasteiger partial charge in [-0.3, -0.25) is 4.18 Å². The molecule has 11 nitrogen and oxygen atoms in total. The number of esters is 1. The Morgan fingerprint density at radius 2 is 1.86 bits per heavy atom. The van der Waals surface area contributed by atoms with Crippen molar-refractivity contribution < 1.29 is 49.5 Å². The van der Waals surface area contributed by atoms with E-state index in [1.807, 2.05) is 6.92 Å². The highest BCUT2D eigenvalue weighted by Gasteiger charge is 2.49. The van der Waals surface area contributed by atoms with Crippen molar-refractivity contribution >= 4 is 16.1 Å². The Labute approximate surface area is 201 Å². The quantitative estimate of drug-likeness (QED) is 0.0459. The van der Waals surface area contributed by atoms with E-state index in [1.54, 1.807) is 18.2 Å². The second kappa shape index (κ2) is 14.9. The van der Waals surface area contributed by atoms with Crippen molar-refractivity contribution in [1.82, 2.24) is 0 Å². The first-order valence-corrected chi connectivity index (χ1v) is 11.9. The number of nitrogens with zero attached hydrogens (tertiary/aromatic N) is 3. The summed E-state index contributed by atoms with van der Waals surface area (Å²) < 4.78 is 87.3. The summed E-state index contributed by atoms with van der Waals surface area (Å²) in [6.45, 7) is 2.19. The first-order valence-electron chi connectivity index (χ1n) is 10.5. The first kappa shape index (κ1) is 30.6. The van der Waals surface area contributed by atoms with E-state index in [-0.39, 0.29) is 18.7 Å². The largest absolute Gasteiger partial charge is 0.523 e. The maximum Gasteiger partial charge on any atom is 0.523 e. The van der Waals surface area contributed by atoms with Crippen molar-refractivity contribution in [2.45, 2.75) is 56.8 Å². The summed E-state index contributed by atoms with van der Waals surface area (Å²) in [4.78, 5) is 14.9. The first-order chi connectivity index (χ1) is 16.5. The Hall–Kier alpha value is -2.42. The van der Waals surface area contributed by atoms with Crippen LogP contribution in [0.3, 0.4) is 0 Å². The number of azide groups is 1. The molecule has 0 saturated carbocycles. The summed E-state index contributed by atoms with van der Waals surface area (Å²) in [5.74, 6) is -0.830. The highest BCUT2D eigenvalue weighted by Crippen LogP contribution is 2.27. The average Bonchev–Trinajstić information content (AvgIpc) is 2.81. The molecule has 0 heterocycles. The van der Waals surface area contributed by atoms with Crippen LogP contribution in [0.5, 0.6) is 0 Å². The average molecular weight is 528 g/mol. The van der Waals surface area contributed by atoms with Gasteiger partial charge in [-0.25, -0.2) is 4.79 Å². The van der Waals surface area contributed by atoms with E-state index < -0.39 is 52.8 Å². The van der Waals surface area contributed by atoms with Gasteiger partial charge in [-0.1, -0.05) is 36.7 Å². The second-order valence-corrected chi connectivity index (χ2v) is 8.68. The number of halogens is 3.